The number of hydrogen-bond donors (Lipinski definition) is 0. The first-order valence-electron chi connectivity index (χ1n) is 8.90. The van der Waals surface area contributed by atoms with Crippen LogP contribution in [0, 0.1) is 6.92 Å². The number of aryl methyl sites for hydroxylation is 1. The Morgan fingerprint density at radius 2 is 1.69 bits per heavy atom. The molecule has 0 N–H and O–H groups in total. The first kappa shape index (κ1) is 19.9. The molecule has 0 aliphatic carbocycles. The lowest BCUT2D eigenvalue weighted by molar-refractivity contribution is -0.133. The van der Waals surface area contributed by atoms with Crippen LogP contribution in [0.4, 0.5) is 0 Å². The second-order valence-electron chi connectivity index (χ2n) is 6.11. The molecule has 1 heterocycles. The number of rotatable bonds is 7. The van der Waals surface area contributed by atoms with E-state index in [1.165, 1.54) is 20.5 Å². The lowest BCUT2D eigenvalue weighted by Gasteiger charge is -2.13. The number of carbonyl (C=O) groups excluding carboxylic acids is 1. The zero-order chi connectivity index (χ0) is 20.6. The lowest BCUT2D eigenvalue weighted by atomic mass is 10.1. The van der Waals surface area contributed by atoms with Gasteiger partial charge in [0.25, 0.3) is 0 Å². The van der Waals surface area contributed by atoms with Crippen LogP contribution in [0.25, 0.3) is 5.57 Å². The third-order valence-corrected chi connectivity index (χ3v) is 3.96. The molecule has 0 radical (unpaired) electrons. The minimum atomic E-state index is -0.523. The monoisotopic (exact) mass is 391 g/mol. The molecule has 0 saturated heterocycles. The number of esters is 1. The number of ether oxygens (including phenoxy) is 4. The molecule has 0 saturated carbocycles. The third kappa shape index (κ3) is 5.13. The van der Waals surface area contributed by atoms with Crippen LogP contribution in [-0.4, -0.2) is 25.2 Å². The summed E-state index contributed by atoms with van der Waals surface area (Å²) in [5.74, 6) is 1.57. The standard InChI is InChI=1S/C23H21NO5/c1-16-11-12-22(24-14-16)29-18-8-6-7-17(13-18)28-21-10-5-4-9-19(21)20(15-26-2)23(25)27-3/h4-15H,1-3H3/b20-15+. The van der Waals surface area contributed by atoms with Crippen molar-refractivity contribution in [3.63, 3.8) is 0 Å². The summed E-state index contributed by atoms with van der Waals surface area (Å²) in [6, 6.07) is 18.0. The van der Waals surface area contributed by atoms with Gasteiger partial charge in [-0.05, 0) is 30.7 Å². The van der Waals surface area contributed by atoms with Gasteiger partial charge in [0.15, 0.2) is 0 Å². The van der Waals surface area contributed by atoms with Crippen molar-refractivity contribution in [3.05, 3.63) is 84.2 Å². The SMILES string of the molecule is CO/C=C(/C(=O)OC)c1ccccc1Oc1cccc(Oc2ccc(C)cn2)c1. The normalized spacial score (nSPS) is 10.9. The molecule has 0 bridgehead atoms. The first-order chi connectivity index (χ1) is 14.1. The van der Waals surface area contributed by atoms with Gasteiger partial charge in [-0.1, -0.05) is 30.3 Å². The van der Waals surface area contributed by atoms with Crippen LogP contribution < -0.4 is 9.47 Å². The molecule has 0 unspecified atom stereocenters. The number of pyridine rings is 1. The molecule has 3 aromatic rings. The second kappa shape index (κ2) is 9.41. The smallest absolute Gasteiger partial charge is 0.341 e. The lowest BCUT2D eigenvalue weighted by Crippen LogP contribution is -2.05. The molecule has 0 fully saturated rings. The number of carbonyl (C=O) groups is 1. The van der Waals surface area contributed by atoms with Crippen molar-refractivity contribution < 1.29 is 23.7 Å². The summed E-state index contributed by atoms with van der Waals surface area (Å²) in [5.41, 5.74) is 1.85. The fourth-order valence-electron chi connectivity index (χ4n) is 2.59. The van der Waals surface area contributed by atoms with Crippen LogP contribution in [0.3, 0.4) is 0 Å². The van der Waals surface area contributed by atoms with Gasteiger partial charge in [0.05, 0.1) is 20.5 Å². The van der Waals surface area contributed by atoms with Crippen LogP contribution in [0.5, 0.6) is 23.1 Å². The van der Waals surface area contributed by atoms with E-state index in [2.05, 4.69) is 4.98 Å². The van der Waals surface area contributed by atoms with E-state index in [0.717, 1.165) is 5.56 Å². The molecule has 6 heteroatoms. The summed E-state index contributed by atoms with van der Waals surface area (Å²) >= 11 is 0. The minimum absolute atomic E-state index is 0.252. The molecule has 1 aromatic heterocycles. The molecule has 0 amide bonds. The van der Waals surface area contributed by atoms with Crippen molar-refractivity contribution in [3.8, 4) is 23.1 Å². The number of benzene rings is 2. The molecule has 6 nitrogen and oxygen atoms in total. The highest BCUT2D eigenvalue weighted by atomic mass is 16.5. The number of methoxy groups -OCH3 is 2. The molecule has 0 atom stereocenters. The summed E-state index contributed by atoms with van der Waals surface area (Å²) in [6.45, 7) is 1.96. The van der Waals surface area contributed by atoms with E-state index < -0.39 is 5.97 Å². The van der Waals surface area contributed by atoms with E-state index in [-0.39, 0.29) is 5.57 Å². The van der Waals surface area contributed by atoms with Crippen LogP contribution in [0.15, 0.2) is 73.1 Å². The van der Waals surface area contributed by atoms with Crippen molar-refractivity contribution in [2.24, 2.45) is 0 Å². The molecule has 0 aliphatic heterocycles. The first-order valence-corrected chi connectivity index (χ1v) is 8.90. The third-order valence-electron chi connectivity index (χ3n) is 3.96. The van der Waals surface area contributed by atoms with E-state index in [1.54, 1.807) is 42.6 Å². The van der Waals surface area contributed by atoms with Gasteiger partial charge in [-0.2, -0.15) is 0 Å². The largest absolute Gasteiger partial charge is 0.503 e. The number of nitrogens with zero attached hydrogens (tertiary/aromatic N) is 1. The predicted octanol–water partition coefficient (Wildman–Crippen LogP) is 5.13. The highest BCUT2D eigenvalue weighted by molar-refractivity contribution is 6.17. The minimum Gasteiger partial charge on any atom is -0.503 e. The number of aromatic nitrogens is 1. The van der Waals surface area contributed by atoms with Crippen molar-refractivity contribution in [2.75, 3.05) is 14.2 Å². The quantitative estimate of drug-likeness (QED) is 0.316. The Labute approximate surface area is 169 Å². The van der Waals surface area contributed by atoms with Crippen molar-refractivity contribution >= 4 is 11.5 Å². The van der Waals surface area contributed by atoms with Crippen LogP contribution in [0.1, 0.15) is 11.1 Å². The maximum Gasteiger partial charge on any atom is 0.341 e. The zero-order valence-electron chi connectivity index (χ0n) is 16.4. The highest BCUT2D eigenvalue weighted by Crippen LogP contribution is 2.33. The van der Waals surface area contributed by atoms with E-state index >= 15 is 0 Å². The zero-order valence-corrected chi connectivity index (χ0v) is 16.4. The fourth-order valence-corrected chi connectivity index (χ4v) is 2.59. The maximum absolute atomic E-state index is 12.1. The Morgan fingerprint density at radius 3 is 2.38 bits per heavy atom. The topological polar surface area (TPSA) is 66.9 Å². The number of hydrogen-bond acceptors (Lipinski definition) is 6. The average Bonchev–Trinajstić information content (AvgIpc) is 2.74. The van der Waals surface area contributed by atoms with Gasteiger partial charge in [0.1, 0.15) is 22.8 Å². The molecule has 0 aliphatic rings. The molecular weight excluding hydrogens is 370 g/mol. The molecule has 3 rings (SSSR count). The van der Waals surface area contributed by atoms with Crippen molar-refractivity contribution in [2.45, 2.75) is 6.92 Å². The number of para-hydroxylation sites is 1. The second-order valence-corrected chi connectivity index (χ2v) is 6.11. The summed E-state index contributed by atoms with van der Waals surface area (Å²) < 4.78 is 21.7. The van der Waals surface area contributed by atoms with Gasteiger partial charge in [-0.15, -0.1) is 0 Å². The Hall–Kier alpha value is -3.80. The Bertz CT molecular complexity index is 1010. The van der Waals surface area contributed by atoms with Gasteiger partial charge in [0, 0.05) is 23.9 Å². The van der Waals surface area contributed by atoms with Crippen LogP contribution in [0.2, 0.25) is 0 Å². The van der Waals surface area contributed by atoms with E-state index in [4.69, 9.17) is 18.9 Å². The van der Waals surface area contributed by atoms with E-state index in [0.29, 0.717) is 28.7 Å². The van der Waals surface area contributed by atoms with E-state index in [9.17, 15) is 4.79 Å². The van der Waals surface area contributed by atoms with Crippen LogP contribution in [-0.2, 0) is 14.3 Å². The van der Waals surface area contributed by atoms with Crippen LogP contribution >= 0.6 is 0 Å². The maximum atomic E-state index is 12.1. The van der Waals surface area contributed by atoms with Gasteiger partial charge < -0.3 is 18.9 Å². The van der Waals surface area contributed by atoms with Gasteiger partial charge in [-0.3, -0.25) is 0 Å². The van der Waals surface area contributed by atoms with Gasteiger partial charge in [0.2, 0.25) is 5.88 Å². The van der Waals surface area contributed by atoms with Crippen molar-refractivity contribution in [1.82, 2.24) is 4.98 Å². The summed E-state index contributed by atoms with van der Waals surface area (Å²) in [5, 5.41) is 0. The van der Waals surface area contributed by atoms with Gasteiger partial charge >= 0.3 is 5.97 Å². The fraction of sp³-hybridized carbons (Fsp3) is 0.130. The summed E-state index contributed by atoms with van der Waals surface area (Å²) in [6.07, 6.45) is 3.07. The summed E-state index contributed by atoms with van der Waals surface area (Å²) in [7, 11) is 2.78. The van der Waals surface area contributed by atoms with Crippen molar-refractivity contribution in [1.29, 1.82) is 0 Å². The molecule has 2 aromatic carbocycles. The van der Waals surface area contributed by atoms with E-state index in [1.807, 2.05) is 31.2 Å². The summed E-state index contributed by atoms with van der Waals surface area (Å²) in [4.78, 5) is 16.4. The Balaban J connectivity index is 1.86. The van der Waals surface area contributed by atoms with Gasteiger partial charge in [-0.25, -0.2) is 9.78 Å². The molecular formula is C23H21NO5. The Morgan fingerprint density at radius 1 is 0.931 bits per heavy atom. The highest BCUT2D eigenvalue weighted by Gasteiger charge is 2.18. The predicted molar refractivity (Wildman–Crippen MR) is 109 cm³/mol. The molecule has 29 heavy (non-hydrogen) atoms. The molecule has 0 spiro atoms. The molecule has 148 valence electrons. The Kier molecular flexibility index (Phi) is 6.47. The average molecular weight is 391 g/mol.